The maximum absolute atomic E-state index is 13.2. The van der Waals surface area contributed by atoms with E-state index in [1.54, 1.807) is 43.5 Å². The number of halogens is 1. The molecule has 0 spiro atoms. The molecule has 47 heavy (non-hydrogen) atoms. The molecule has 3 aromatic carbocycles. The number of hydrogen-bond acceptors (Lipinski definition) is 9. The third-order valence-electron chi connectivity index (χ3n) is 8.40. The SMILES string of the molecule is COc1ccc(COC(=O)C2N3C(=O)C(NC(=O)COc4ccc5c(c4)S(=O)(=O)Nc4c-5[nH]c5ccc(Br)cc45)C3SC2(C)C)cc1. The molecule has 2 amide bonds. The number of esters is 1. The fourth-order valence-corrected chi connectivity index (χ4v) is 9.43. The third-order valence-corrected chi connectivity index (χ3v) is 11.9. The van der Waals surface area contributed by atoms with Crippen LogP contribution in [0.5, 0.6) is 11.5 Å². The van der Waals surface area contributed by atoms with Gasteiger partial charge in [-0.25, -0.2) is 13.2 Å². The summed E-state index contributed by atoms with van der Waals surface area (Å²) in [6.45, 7) is 3.32. The lowest BCUT2D eigenvalue weighted by Crippen LogP contribution is -2.71. The largest absolute Gasteiger partial charge is 0.497 e. The number of β-lactam (4-membered cyclic amide) rings is 1. The highest BCUT2D eigenvalue weighted by atomic mass is 79.9. The van der Waals surface area contributed by atoms with Gasteiger partial charge in [-0.1, -0.05) is 28.1 Å². The number of amides is 2. The molecular formula is C32H29BrN4O8S2. The molecule has 4 aromatic rings. The van der Waals surface area contributed by atoms with Crippen molar-refractivity contribution < 1.29 is 37.0 Å². The molecule has 244 valence electrons. The van der Waals surface area contributed by atoms with Gasteiger partial charge in [0.15, 0.2) is 6.61 Å². The molecule has 2 saturated heterocycles. The summed E-state index contributed by atoms with van der Waals surface area (Å²) in [6.07, 6.45) is 0. The summed E-state index contributed by atoms with van der Waals surface area (Å²) in [6, 6.07) is 15.6. The fraction of sp³-hybridized carbons (Fsp3) is 0.281. The van der Waals surface area contributed by atoms with Gasteiger partial charge in [0.1, 0.15) is 40.5 Å². The monoisotopic (exact) mass is 740 g/mol. The Kier molecular flexibility index (Phi) is 7.67. The van der Waals surface area contributed by atoms with Crippen LogP contribution < -0.4 is 19.5 Å². The lowest BCUT2D eigenvalue weighted by atomic mass is 9.96. The number of ether oxygens (including phenoxy) is 3. The number of H-pyrrole nitrogens is 1. The quantitative estimate of drug-likeness (QED) is 0.176. The predicted molar refractivity (Wildman–Crippen MR) is 179 cm³/mol. The number of aromatic amines is 1. The number of benzene rings is 3. The minimum absolute atomic E-state index is 0.00727. The second-order valence-corrected chi connectivity index (χ2v) is 16.2. The number of thioether (sulfide) groups is 1. The van der Waals surface area contributed by atoms with Crippen molar-refractivity contribution >= 4 is 72.1 Å². The standard InChI is InChI=1S/C32H29BrN4O8S2/c1-32(2)28(31(40)45-14-16-4-7-18(43-3)8-5-16)37-29(39)27(30(37)46-32)35-24(38)15-44-19-9-10-20-23(13-19)47(41,42)36-26-21-12-17(33)6-11-22(21)34-25(20)26/h4-13,27-28,30,34,36H,14-15H2,1-3H3,(H,35,38). The molecule has 15 heteroatoms. The van der Waals surface area contributed by atoms with Crippen LogP contribution >= 0.6 is 27.7 Å². The molecule has 1 aromatic heterocycles. The Bertz CT molecular complexity index is 2060. The van der Waals surface area contributed by atoms with Crippen LogP contribution in [0.1, 0.15) is 19.4 Å². The van der Waals surface area contributed by atoms with Gasteiger partial charge in [0.2, 0.25) is 5.91 Å². The number of rotatable bonds is 8. The average Bonchev–Trinajstić information content (AvgIpc) is 3.52. The molecule has 3 aliphatic rings. The zero-order valence-corrected chi connectivity index (χ0v) is 28.5. The van der Waals surface area contributed by atoms with Crippen molar-refractivity contribution in [3.63, 3.8) is 0 Å². The first-order chi connectivity index (χ1) is 22.4. The van der Waals surface area contributed by atoms with Crippen molar-refractivity contribution in [2.24, 2.45) is 0 Å². The number of anilines is 1. The third kappa shape index (κ3) is 5.49. The van der Waals surface area contributed by atoms with Gasteiger partial charge in [-0.2, -0.15) is 0 Å². The molecular weight excluding hydrogens is 712 g/mol. The number of methoxy groups -OCH3 is 1. The second-order valence-electron chi connectivity index (χ2n) is 11.9. The average molecular weight is 742 g/mol. The van der Waals surface area contributed by atoms with Crippen LogP contribution in [0.25, 0.3) is 22.2 Å². The maximum atomic E-state index is 13.2. The molecule has 12 nitrogen and oxygen atoms in total. The zero-order chi connectivity index (χ0) is 33.2. The summed E-state index contributed by atoms with van der Waals surface area (Å²) in [7, 11) is -2.36. The minimum atomic E-state index is -3.93. The predicted octanol–water partition coefficient (Wildman–Crippen LogP) is 4.39. The van der Waals surface area contributed by atoms with Gasteiger partial charge in [0.05, 0.1) is 18.5 Å². The summed E-state index contributed by atoms with van der Waals surface area (Å²) in [5, 5.41) is 2.98. The van der Waals surface area contributed by atoms with Crippen LogP contribution in [-0.2, 0) is 35.8 Å². The minimum Gasteiger partial charge on any atom is -0.497 e. The van der Waals surface area contributed by atoms with E-state index in [0.717, 1.165) is 20.9 Å². The van der Waals surface area contributed by atoms with E-state index in [9.17, 15) is 22.8 Å². The summed E-state index contributed by atoms with van der Waals surface area (Å²) in [5.74, 6) is -0.614. The number of aromatic nitrogens is 1. The second kappa shape index (κ2) is 11.5. The Labute approximate surface area is 282 Å². The lowest BCUT2D eigenvalue weighted by Gasteiger charge is -2.43. The van der Waals surface area contributed by atoms with Crippen molar-refractivity contribution in [2.75, 3.05) is 18.4 Å². The van der Waals surface area contributed by atoms with E-state index in [1.807, 2.05) is 32.0 Å². The lowest BCUT2D eigenvalue weighted by molar-refractivity contribution is -0.165. The number of carbonyl (C=O) groups excluding carboxylic acids is 3. The molecule has 7 rings (SSSR count). The van der Waals surface area contributed by atoms with Crippen LogP contribution in [0, 0.1) is 0 Å². The molecule has 0 radical (unpaired) electrons. The zero-order valence-electron chi connectivity index (χ0n) is 25.3. The van der Waals surface area contributed by atoms with Crippen LogP contribution in [-0.4, -0.2) is 72.0 Å². The smallest absolute Gasteiger partial charge is 0.330 e. The highest BCUT2D eigenvalue weighted by Crippen LogP contribution is 2.51. The topological polar surface area (TPSA) is 156 Å². The van der Waals surface area contributed by atoms with E-state index in [0.29, 0.717) is 22.7 Å². The first-order valence-electron chi connectivity index (χ1n) is 14.6. The van der Waals surface area contributed by atoms with Crippen LogP contribution in [0.4, 0.5) is 5.69 Å². The van der Waals surface area contributed by atoms with Crippen molar-refractivity contribution in [1.82, 2.24) is 15.2 Å². The van der Waals surface area contributed by atoms with Crippen molar-refractivity contribution in [3.8, 4) is 22.8 Å². The maximum Gasteiger partial charge on any atom is 0.330 e. The van der Waals surface area contributed by atoms with Crippen molar-refractivity contribution in [2.45, 2.75) is 47.6 Å². The Morgan fingerprint density at radius 1 is 1.06 bits per heavy atom. The molecule has 3 atom stereocenters. The van der Waals surface area contributed by atoms with Gasteiger partial charge in [-0.3, -0.25) is 14.3 Å². The van der Waals surface area contributed by atoms with Gasteiger partial charge in [0.25, 0.3) is 15.9 Å². The number of nitrogens with zero attached hydrogens (tertiary/aromatic N) is 1. The molecule has 0 saturated carbocycles. The van der Waals surface area contributed by atoms with Crippen LogP contribution in [0.3, 0.4) is 0 Å². The number of carbonyl (C=O) groups is 3. The Balaban J connectivity index is 0.988. The number of hydrogen-bond donors (Lipinski definition) is 3. The molecule has 4 heterocycles. The Morgan fingerprint density at radius 2 is 1.81 bits per heavy atom. The fourth-order valence-electron chi connectivity index (χ4n) is 6.13. The number of nitrogens with one attached hydrogen (secondary N) is 3. The highest BCUT2D eigenvalue weighted by molar-refractivity contribution is 9.10. The molecule has 0 aliphatic carbocycles. The Hall–Kier alpha value is -4.21. The molecule has 3 unspecified atom stereocenters. The summed E-state index contributed by atoms with van der Waals surface area (Å²) >= 11 is 4.84. The van der Waals surface area contributed by atoms with E-state index < -0.39 is 50.7 Å². The van der Waals surface area contributed by atoms with E-state index in [2.05, 4.69) is 31.0 Å². The van der Waals surface area contributed by atoms with E-state index in [-0.39, 0.29) is 23.2 Å². The summed E-state index contributed by atoms with van der Waals surface area (Å²) < 4.78 is 45.6. The molecule has 2 fully saturated rings. The van der Waals surface area contributed by atoms with Gasteiger partial charge in [0, 0.05) is 31.8 Å². The molecule has 3 aliphatic heterocycles. The Morgan fingerprint density at radius 3 is 2.55 bits per heavy atom. The van der Waals surface area contributed by atoms with E-state index in [4.69, 9.17) is 14.2 Å². The first kappa shape index (κ1) is 31.4. The molecule has 0 bridgehead atoms. The van der Waals surface area contributed by atoms with Gasteiger partial charge < -0.3 is 29.4 Å². The number of sulfonamides is 1. The van der Waals surface area contributed by atoms with Crippen molar-refractivity contribution in [3.05, 3.63) is 70.7 Å². The summed E-state index contributed by atoms with van der Waals surface area (Å²) in [4.78, 5) is 43.9. The van der Waals surface area contributed by atoms with E-state index >= 15 is 0 Å². The van der Waals surface area contributed by atoms with E-state index in [1.165, 1.54) is 22.7 Å². The van der Waals surface area contributed by atoms with Crippen LogP contribution in [0.2, 0.25) is 0 Å². The highest BCUT2D eigenvalue weighted by Gasteiger charge is 2.64. The van der Waals surface area contributed by atoms with Gasteiger partial charge in [-0.05, 0) is 61.9 Å². The van der Waals surface area contributed by atoms with Gasteiger partial charge >= 0.3 is 5.97 Å². The van der Waals surface area contributed by atoms with Crippen LogP contribution in [0.15, 0.2) is 70.0 Å². The number of fused-ring (bicyclic) bond motifs is 6. The van der Waals surface area contributed by atoms with Gasteiger partial charge in [-0.15, -0.1) is 11.8 Å². The summed E-state index contributed by atoms with van der Waals surface area (Å²) in [5.41, 5.74) is 3.11. The first-order valence-corrected chi connectivity index (χ1v) is 17.7. The van der Waals surface area contributed by atoms with Crippen molar-refractivity contribution in [1.29, 1.82) is 0 Å². The molecule has 3 N–H and O–H groups in total. The normalized spacial score (nSPS) is 21.5.